The fraction of sp³-hybridized carbons (Fsp3) is 0.806. The van der Waals surface area contributed by atoms with Gasteiger partial charge in [0.25, 0.3) is 0 Å². The largest absolute Gasteiger partial charge is 0.444 e. The Hall–Kier alpha value is -1.63. The van der Waals surface area contributed by atoms with Crippen LogP contribution in [0.25, 0.3) is 0 Å². The van der Waals surface area contributed by atoms with Crippen LogP contribution in [-0.2, 0) is 11.2 Å². The van der Waals surface area contributed by atoms with Crippen LogP contribution < -0.4 is 5.32 Å². The van der Waals surface area contributed by atoms with Crippen LogP contribution in [0.5, 0.6) is 0 Å². The summed E-state index contributed by atoms with van der Waals surface area (Å²) in [4.78, 5) is 12.8. The topological polar surface area (TPSA) is 99.0 Å². The number of hydrogen-bond donors (Lipinski definition) is 4. The Morgan fingerprint density at radius 2 is 1.50 bits per heavy atom. The fourth-order valence-electron chi connectivity index (χ4n) is 6.78. The normalized spacial score (nSPS) is 19.2. The van der Waals surface area contributed by atoms with Crippen molar-refractivity contribution in [3.8, 4) is 0 Å². The summed E-state index contributed by atoms with van der Waals surface area (Å²) in [6.45, 7) is 14.1. The third-order valence-corrected chi connectivity index (χ3v) is 8.74. The second-order valence-corrected chi connectivity index (χ2v) is 15.0. The molecule has 1 aromatic rings. The highest BCUT2D eigenvalue weighted by atomic mass is 16.6. The van der Waals surface area contributed by atoms with Gasteiger partial charge >= 0.3 is 6.09 Å². The van der Waals surface area contributed by atoms with Crippen LogP contribution in [0, 0.1) is 29.6 Å². The number of carbonyl (C=O) groups is 1. The minimum atomic E-state index is -0.741. The maximum atomic E-state index is 12.8. The molecule has 1 aliphatic carbocycles. The average Bonchev–Trinajstić information content (AvgIpc) is 2.89. The molecule has 6 heteroatoms. The molecule has 0 saturated heterocycles. The molecular formula is C36H63NO5. The lowest BCUT2D eigenvalue weighted by Gasteiger charge is -2.34. The minimum absolute atomic E-state index is 0.0497. The standard InChI is InChI=1S/C36H63NO5/c1-25(2)20-29(18-19-30(22-27-14-10-8-11-15-27)34(40)33(39)21-26(3)4)24-32(38)31(23-28-16-12-9-13-17-28)37-35(41)42-36(5,6)7/h9,12-13,16-17,25-27,29-34,38-40H,8,10-11,14-15,18-24H2,1-7H3,(H,37,41). The first-order valence-corrected chi connectivity index (χ1v) is 16.8. The number of aliphatic hydroxyl groups excluding tert-OH is 3. The molecule has 0 radical (unpaired) electrons. The number of nitrogens with one attached hydrogen (secondary N) is 1. The molecule has 0 aliphatic heterocycles. The summed E-state index contributed by atoms with van der Waals surface area (Å²) in [5, 5.41) is 36.7. The van der Waals surface area contributed by atoms with Gasteiger partial charge in [-0.15, -0.1) is 0 Å². The van der Waals surface area contributed by atoms with E-state index in [2.05, 4.69) is 33.0 Å². The first-order chi connectivity index (χ1) is 19.7. The van der Waals surface area contributed by atoms with Crippen molar-refractivity contribution in [2.45, 2.75) is 155 Å². The number of amides is 1. The molecule has 2 rings (SSSR count). The molecule has 0 bridgehead atoms. The summed E-state index contributed by atoms with van der Waals surface area (Å²) >= 11 is 0. The predicted octanol–water partition coefficient (Wildman–Crippen LogP) is 7.67. The Balaban J connectivity index is 2.16. The van der Waals surface area contributed by atoms with Crippen molar-refractivity contribution >= 4 is 6.09 Å². The third kappa shape index (κ3) is 14.7. The lowest BCUT2D eigenvalue weighted by molar-refractivity contribution is -0.0381. The maximum Gasteiger partial charge on any atom is 0.407 e. The average molecular weight is 590 g/mol. The Bertz CT molecular complexity index is 861. The lowest BCUT2D eigenvalue weighted by atomic mass is 9.76. The van der Waals surface area contributed by atoms with Gasteiger partial charge in [0, 0.05) is 0 Å². The fourth-order valence-corrected chi connectivity index (χ4v) is 6.78. The van der Waals surface area contributed by atoms with Crippen molar-refractivity contribution in [2.24, 2.45) is 29.6 Å². The summed E-state index contributed by atoms with van der Waals surface area (Å²) in [7, 11) is 0. The predicted molar refractivity (Wildman–Crippen MR) is 172 cm³/mol. The van der Waals surface area contributed by atoms with Gasteiger partial charge in [-0.3, -0.25) is 0 Å². The van der Waals surface area contributed by atoms with E-state index in [9.17, 15) is 20.1 Å². The van der Waals surface area contributed by atoms with E-state index in [1.807, 2.05) is 51.1 Å². The first kappa shape index (κ1) is 36.6. The zero-order chi connectivity index (χ0) is 31.3. The first-order valence-electron chi connectivity index (χ1n) is 16.8. The third-order valence-electron chi connectivity index (χ3n) is 8.74. The molecule has 1 saturated carbocycles. The molecule has 1 amide bonds. The van der Waals surface area contributed by atoms with Crippen LogP contribution in [0.4, 0.5) is 4.79 Å². The molecule has 1 fully saturated rings. The Kier molecular flexibility index (Phi) is 15.9. The molecule has 1 aliphatic rings. The molecule has 1 aromatic carbocycles. The monoisotopic (exact) mass is 589 g/mol. The van der Waals surface area contributed by atoms with E-state index in [4.69, 9.17) is 4.74 Å². The van der Waals surface area contributed by atoms with Gasteiger partial charge in [0.15, 0.2) is 0 Å². The number of hydrogen-bond acceptors (Lipinski definition) is 5. The van der Waals surface area contributed by atoms with Gasteiger partial charge in [-0.05, 0) is 101 Å². The molecule has 42 heavy (non-hydrogen) atoms. The number of benzene rings is 1. The summed E-state index contributed by atoms with van der Waals surface area (Å²) in [6, 6.07) is 9.46. The van der Waals surface area contributed by atoms with Gasteiger partial charge in [0.1, 0.15) is 5.60 Å². The zero-order valence-corrected chi connectivity index (χ0v) is 27.7. The van der Waals surface area contributed by atoms with Crippen molar-refractivity contribution < 1.29 is 24.9 Å². The van der Waals surface area contributed by atoms with E-state index in [1.165, 1.54) is 32.1 Å². The number of alkyl carbamates (subject to hydrolysis) is 1. The zero-order valence-electron chi connectivity index (χ0n) is 27.7. The summed E-state index contributed by atoms with van der Waals surface area (Å²) < 4.78 is 5.54. The molecular weight excluding hydrogens is 526 g/mol. The van der Waals surface area contributed by atoms with Crippen molar-refractivity contribution in [3.63, 3.8) is 0 Å². The smallest absolute Gasteiger partial charge is 0.407 e. The van der Waals surface area contributed by atoms with Gasteiger partial charge in [0.2, 0.25) is 0 Å². The summed E-state index contributed by atoms with van der Waals surface area (Å²) in [6.07, 6.45) is 8.89. The van der Waals surface area contributed by atoms with Crippen molar-refractivity contribution in [3.05, 3.63) is 35.9 Å². The van der Waals surface area contributed by atoms with E-state index >= 15 is 0 Å². The Morgan fingerprint density at radius 1 is 0.881 bits per heavy atom. The van der Waals surface area contributed by atoms with E-state index in [1.54, 1.807) is 0 Å². The molecule has 6 nitrogen and oxygen atoms in total. The van der Waals surface area contributed by atoms with Crippen molar-refractivity contribution in [1.82, 2.24) is 5.32 Å². The Labute approximate surface area is 257 Å². The highest BCUT2D eigenvalue weighted by molar-refractivity contribution is 5.68. The molecule has 0 aromatic heterocycles. The molecule has 0 heterocycles. The van der Waals surface area contributed by atoms with E-state index in [0.29, 0.717) is 37.0 Å². The number of carbonyl (C=O) groups excluding carboxylic acids is 1. The van der Waals surface area contributed by atoms with E-state index in [-0.39, 0.29) is 11.8 Å². The number of ether oxygens (including phenoxy) is 1. The molecule has 6 atom stereocenters. The molecule has 4 N–H and O–H groups in total. The lowest BCUT2D eigenvalue weighted by Crippen LogP contribution is -2.47. The van der Waals surface area contributed by atoms with Crippen LogP contribution in [0.15, 0.2) is 30.3 Å². The molecule has 0 spiro atoms. The Morgan fingerprint density at radius 3 is 2.07 bits per heavy atom. The second kappa shape index (κ2) is 18.2. The van der Waals surface area contributed by atoms with Gasteiger partial charge < -0.3 is 25.4 Å². The van der Waals surface area contributed by atoms with Crippen molar-refractivity contribution in [1.29, 1.82) is 0 Å². The summed E-state index contributed by atoms with van der Waals surface area (Å²) in [5.41, 5.74) is 0.425. The van der Waals surface area contributed by atoms with Crippen LogP contribution in [0.3, 0.4) is 0 Å². The van der Waals surface area contributed by atoms with Gasteiger partial charge in [0.05, 0.1) is 24.4 Å². The van der Waals surface area contributed by atoms with E-state index in [0.717, 1.165) is 31.2 Å². The van der Waals surface area contributed by atoms with Crippen LogP contribution in [-0.4, -0.2) is 51.4 Å². The quantitative estimate of drug-likeness (QED) is 0.149. The van der Waals surface area contributed by atoms with E-state index < -0.39 is 36.0 Å². The minimum Gasteiger partial charge on any atom is -0.444 e. The second-order valence-electron chi connectivity index (χ2n) is 15.0. The van der Waals surface area contributed by atoms with Crippen LogP contribution in [0.1, 0.15) is 125 Å². The number of aliphatic hydroxyl groups is 3. The maximum absolute atomic E-state index is 12.8. The SMILES string of the molecule is CC(C)CC(CCC(CC1CCCCC1)C(O)C(O)CC(C)C)CC(O)C(Cc1ccccc1)NC(=O)OC(C)(C)C. The van der Waals surface area contributed by atoms with Gasteiger partial charge in [-0.25, -0.2) is 4.79 Å². The van der Waals surface area contributed by atoms with Crippen LogP contribution >= 0.6 is 0 Å². The van der Waals surface area contributed by atoms with Gasteiger partial charge in [-0.1, -0.05) is 90.1 Å². The van der Waals surface area contributed by atoms with Gasteiger partial charge in [-0.2, -0.15) is 0 Å². The molecule has 6 unspecified atom stereocenters. The van der Waals surface area contributed by atoms with Crippen molar-refractivity contribution in [2.75, 3.05) is 0 Å². The highest BCUT2D eigenvalue weighted by Gasteiger charge is 2.32. The summed E-state index contributed by atoms with van der Waals surface area (Å²) in [5.74, 6) is 1.69. The number of rotatable bonds is 17. The molecule has 242 valence electrons. The van der Waals surface area contributed by atoms with Crippen LogP contribution in [0.2, 0.25) is 0 Å². The highest BCUT2D eigenvalue weighted by Crippen LogP contribution is 2.35.